The van der Waals surface area contributed by atoms with Gasteiger partial charge in [-0.3, -0.25) is 4.79 Å². The van der Waals surface area contributed by atoms with Crippen LogP contribution in [0.15, 0.2) is 83.4 Å². The summed E-state index contributed by atoms with van der Waals surface area (Å²) in [7, 11) is 0. The van der Waals surface area contributed by atoms with Crippen molar-refractivity contribution in [3.05, 3.63) is 101 Å². The molecular formula is C22H15ClN2O3. The Kier molecular flexibility index (Phi) is 5.17. The van der Waals surface area contributed by atoms with Crippen LogP contribution in [0.2, 0.25) is 5.02 Å². The molecule has 0 aliphatic carbocycles. The number of nitrogens with zero attached hydrogens (tertiary/aromatic N) is 2. The molecule has 0 amide bonds. The molecule has 3 aromatic carbocycles. The van der Waals surface area contributed by atoms with E-state index in [2.05, 4.69) is 10.1 Å². The maximum absolute atomic E-state index is 12.8. The molecule has 4 aromatic rings. The van der Waals surface area contributed by atoms with Crippen LogP contribution < -0.4 is 4.74 Å². The molecule has 5 nitrogen and oxygen atoms in total. The van der Waals surface area contributed by atoms with Crippen molar-refractivity contribution in [2.45, 2.75) is 6.61 Å². The van der Waals surface area contributed by atoms with Gasteiger partial charge in [-0.2, -0.15) is 4.98 Å². The first kappa shape index (κ1) is 17.9. The van der Waals surface area contributed by atoms with E-state index in [-0.39, 0.29) is 12.4 Å². The molecular weight excluding hydrogens is 376 g/mol. The second-order valence-electron chi connectivity index (χ2n) is 6.00. The van der Waals surface area contributed by atoms with Crippen LogP contribution in [0.25, 0.3) is 11.4 Å². The zero-order valence-corrected chi connectivity index (χ0v) is 15.5. The summed E-state index contributed by atoms with van der Waals surface area (Å²) < 4.78 is 11.0. The minimum absolute atomic E-state index is 0.0382. The van der Waals surface area contributed by atoms with E-state index in [0.29, 0.717) is 33.6 Å². The van der Waals surface area contributed by atoms with E-state index in [1.165, 1.54) is 0 Å². The number of benzene rings is 3. The summed E-state index contributed by atoms with van der Waals surface area (Å²) in [6.45, 7) is 0.0382. The number of rotatable bonds is 6. The van der Waals surface area contributed by atoms with Gasteiger partial charge in [0.1, 0.15) is 5.75 Å². The highest BCUT2D eigenvalue weighted by Gasteiger charge is 2.17. The minimum atomic E-state index is -0.173. The SMILES string of the molecule is O=C(c1ccccc1)c1cc(Cl)ccc1OCc1nc(-c2ccccc2)no1. The molecule has 0 atom stereocenters. The van der Waals surface area contributed by atoms with Gasteiger partial charge in [0.25, 0.3) is 5.89 Å². The molecule has 0 radical (unpaired) electrons. The van der Waals surface area contributed by atoms with Crippen LogP contribution in [-0.4, -0.2) is 15.9 Å². The van der Waals surface area contributed by atoms with Crippen LogP contribution >= 0.6 is 11.6 Å². The van der Waals surface area contributed by atoms with E-state index in [4.69, 9.17) is 20.9 Å². The fourth-order valence-corrected chi connectivity index (χ4v) is 2.88. The molecule has 138 valence electrons. The zero-order valence-electron chi connectivity index (χ0n) is 14.7. The summed E-state index contributed by atoms with van der Waals surface area (Å²) in [5.74, 6) is 1.02. The average Bonchev–Trinajstić information content (AvgIpc) is 3.23. The minimum Gasteiger partial charge on any atom is -0.483 e. The standard InChI is InChI=1S/C22H15ClN2O3/c23-17-11-12-19(18(13-17)21(26)15-7-3-1-4-8-15)27-14-20-24-22(25-28-20)16-9-5-2-6-10-16/h1-13H,14H2. The van der Waals surface area contributed by atoms with Gasteiger partial charge in [0.15, 0.2) is 12.4 Å². The Hall–Kier alpha value is -3.44. The van der Waals surface area contributed by atoms with Crippen molar-refractivity contribution in [1.29, 1.82) is 0 Å². The Morgan fingerprint density at radius 2 is 1.68 bits per heavy atom. The van der Waals surface area contributed by atoms with Gasteiger partial charge in [-0.15, -0.1) is 0 Å². The lowest BCUT2D eigenvalue weighted by Gasteiger charge is -2.10. The highest BCUT2D eigenvalue weighted by atomic mass is 35.5. The Balaban J connectivity index is 1.54. The second kappa shape index (κ2) is 8.06. The Morgan fingerprint density at radius 3 is 2.43 bits per heavy atom. The summed E-state index contributed by atoms with van der Waals surface area (Å²) in [6, 6.07) is 23.4. The fraction of sp³-hybridized carbons (Fsp3) is 0.0455. The molecule has 0 fully saturated rings. The van der Waals surface area contributed by atoms with Crippen molar-refractivity contribution in [2.24, 2.45) is 0 Å². The Labute approximate surface area is 166 Å². The summed E-state index contributed by atoms with van der Waals surface area (Å²) in [6.07, 6.45) is 0. The lowest BCUT2D eigenvalue weighted by atomic mass is 10.0. The predicted octanol–water partition coefficient (Wildman–Crippen LogP) is 5.20. The molecule has 0 spiro atoms. The van der Waals surface area contributed by atoms with E-state index in [0.717, 1.165) is 5.56 Å². The smallest absolute Gasteiger partial charge is 0.264 e. The van der Waals surface area contributed by atoms with Crippen molar-refractivity contribution in [1.82, 2.24) is 10.1 Å². The van der Waals surface area contributed by atoms with E-state index in [1.807, 2.05) is 48.5 Å². The summed E-state index contributed by atoms with van der Waals surface area (Å²) in [5, 5.41) is 4.42. The molecule has 28 heavy (non-hydrogen) atoms. The number of hydrogen-bond acceptors (Lipinski definition) is 5. The maximum Gasteiger partial charge on any atom is 0.264 e. The van der Waals surface area contributed by atoms with Gasteiger partial charge in [-0.1, -0.05) is 77.4 Å². The van der Waals surface area contributed by atoms with Crippen LogP contribution in [0.1, 0.15) is 21.8 Å². The average molecular weight is 391 g/mol. The highest BCUT2D eigenvalue weighted by molar-refractivity contribution is 6.31. The first-order chi connectivity index (χ1) is 13.7. The monoisotopic (exact) mass is 390 g/mol. The number of ketones is 1. The lowest BCUT2D eigenvalue weighted by molar-refractivity contribution is 0.103. The van der Waals surface area contributed by atoms with Crippen LogP contribution in [0, 0.1) is 0 Å². The largest absolute Gasteiger partial charge is 0.483 e. The van der Waals surface area contributed by atoms with Gasteiger partial charge in [-0.05, 0) is 18.2 Å². The summed E-state index contributed by atoms with van der Waals surface area (Å²) in [5.41, 5.74) is 1.78. The number of carbonyl (C=O) groups is 1. The van der Waals surface area contributed by atoms with Gasteiger partial charge < -0.3 is 9.26 Å². The first-order valence-electron chi connectivity index (χ1n) is 8.61. The van der Waals surface area contributed by atoms with Gasteiger partial charge in [0, 0.05) is 16.1 Å². The Morgan fingerprint density at radius 1 is 0.964 bits per heavy atom. The highest BCUT2D eigenvalue weighted by Crippen LogP contribution is 2.26. The third-order valence-corrected chi connectivity index (χ3v) is 4.31. The number of ether oxygens (including phenoxy) is 1. The number of aromatic nitrogens is 2. The van der Waals surface area contributed by atoms with Crippen molar-refractivity contribution < 1.29 is 14.1 Å². The zero-order chi connectivity index (χ0) is 19.3. The normalized spacial score (nSPS) is 10.6. The molecule has 1 heterocycles. The van der Waals surface area contributed by atoms with E-state index in [1.54, 1.807) is 30.3 Å². The first-order valence-corrected chi connectivity index (χ1v) is 8.98. The van der Waals surface area contributed by atoms with Crippen molar-refractivity contribution >= 4 is 17.4 Å². The molecule has 0 saturated heterocycles. The van der Waals surface area contributed by atoms with Crippen LogP contribution in [0.4, 0.5) is 0 Å². The number of carbonyl (C=O) groups excluding carboxylic acids is 1. The second-order valence-corrected chi connectivity index (χ2v) is 6.44. The van der Waals surface area contributed by atoms with E-state index >= 15 is 0 Å². The van der Waals surface area contributed by atoms with Crippen molar-refractivity contribution in [2.75, 3.05) is 0 Å². The van der Waals surface area contributed by atoms with E-state index in [9.17, 15) is 4.79 Å². The lowest BCUT2D eigenvalue weighted by Crippen LogP contribution is -2.06. The molecule has 0 aliphatic rings. The molecule has 0 saturated carbocycles. The number of hydrogen-bond donors (Lipinski definition) is 0. The van der Waals surface area contributed by atoms with Gasteiger partial charge in [-0.25, -0.2) is 0 Å². The molecule has 0 aliphatic heterocycles. The summed E-state index contributed by atoms with van der Waals surface area (Å²) >= 11 is 6.09. The summed E-state index contributed by atoms with van der Waals surface area (Å²) in [4.78, 5) is 17.2. The Bertz CT molecular complexity index is 1100. The van der Waals surface area contributed by atoms with Crippen molar-refractivity contribution in [3.63, 3.8) is 0 Å². The number of halogens is 1. The van der Waals surface area contributed by atoms with Crippen LogP contribution in [0.3, 0.4) is 0 Å². The topological polar surface area (TPSA) is 65.2 Å². The van der Waals surface area contributed by atoms with Gasteiger partial charge >= 0.3 is 0 Å². The molecule has 4 rings (SSSR count). The van der Waals surface area contributed by atoms with Crippen molar-refractivity contribution in [3.8, 4) is 17.1 Å². The van der Waals surface area contributed by atoms with Gasteiger partial charge in [0.2, 0.25) is 5.82 Å². The molecule has 0 N–H and O–H groups in total. The maximum atomic E-state index is 12.8. The molecule has 0 bridgehead atoms. The molecule has 6 heteroatoms. The molecule has 0 unspecified atom stereocenters. The molecule has 1 aromatic heterocycles. The quantitative estimate of drug-likeness (QED) is 0.423. The van der Waals surface area contributed by atoms with Crippen LogP contribution in [0.5, 0.6) is 5.75 Å². The van der Waals surface area contributed by atoms with Crippen LogP contribution in [-0.2, 0) is 6.61 Å². The third kappa shape index (κ3) is 3.94. The van der Waals surface area contributed by atoms with Gasteiger partial charge in [0.05, 0.1) is 5.56 Å². The predicted molar refractivity (Wildman–Crippen MR) is 105 cm³/mol. The fourth-order valence-electron chi connectivity index (χ4n) is 2.71. The van der Waals surface area contributed by atoms with E-state index < -0.39 is 0 Å². The third-order valence-electron chi connectivity index (χ3n) is 4.07.